The maximum Gasteiger partial charge on any atom is 0.0260 e. The molecule has 2 unspecified atom stereocenters. The highest BCUT2D eigenvalue weighted by Gasteiger charge is 2.11. The minimum atomic E-state index is -0.488. The van der Waals surface area contributed by atoms with Crippen LogP contribution in [0, 0.1) is 5.92 Å². The highest BCUT2D eigenvalue weighted by molar-refractivity contribution is 7.84. The van der Waals surface area contributed by atoms with Crippen molar-refractivity contribution in [1.29, 1.82) is 0 Å². The molecule has 0 N–H and O–H groups in total. The van der Waals surface area contributed by atoms with Crippen molar-refractivity contribution in [3.63, 3.8) is 0 Å². The van der Waals surface area contributed by atoms with E-state index in [1.54, 1.807) is 0 Å². The van der Waals surface area contributed by atoms with E-state index in [1.807, 2.05) is 0 Å². The van der Waals surface area contributed by atoms with Gasteiger partial charge in [-0.2, -0.15) is 0 Å². The molecule has 54 valence electrons. The van der Waals surface area contributed by atoms with E-state index in [0.717, 1.165) is 11.5 Å². The summed E-state index contributed by atoms with van der Waals surface area (Å²) in [6.45, 7) is 2.20. The average Bonchev–Trinajstić information content (AvgIpc) is 1.93. The van der Waals surface area contributed by atoms with Gasteiger partial charge in [0.1, 0.15) is 0 Å². The Morgan fingerprint density at radius 1 is 1.44 bits per heavy atom. The van der Waals surface area contributed by atoms with Crippen LogP contribution in [-0.4, -0.2) is 15.7 Å². The summed E-state index contributed by atoms with van der Waals surface area (Å²) in [5.41, 5.74) is 0. The molecule has 2 atom stereocenters. The molecular formula is C7H14OS. The summed E-state index contributed by atoms with van der Waals surface area (Å²) in [6.07, 6.45) is 3.75. The first kappa shape index (κ1) is 7.26. The Labute approximate surface area is 59.3 Å². The number of hydrogen-bond acceptors (Lipinski definition) is 1. The molecule has 0 amide bonds. The van der Waals surface area contributed by atoms with Gasteiger partial charge in [0.25, 0.3) is 0 Å². The Kier molecular flexibility index (Phi) is 2.70. The van der Waals surface area contributed by atoms with Crippen LogP contribution in [0.25, 0.3) is 0 Å². The van der Waals surface area contributed by atoms with E-state index in [9.17, 15) is 4.21 Å². The zero-order valence-corrected chi connectivity index (χ0v) is 6.75. The van der Waals surface area contributed by atoms with Crippen LogP contribution in [0.2, 0.25) is 0 Å². The fourth-order valence-corrected chi connectivity index (χ4v) is 2.73. The molecule has 0 aromatic carbocycles. The first-order chi connectivity index (χ1) is 4.29. The van der Waals surface area contributed by atoms with E-state index in [4.69, 9.17) is 0 Å². The fraction of sp³-hybridized carbons (Fsp3) is 1.00. The van der Waals surface area contributed by atoms with Gasteiger partial charge in [-0.1, -0.05) is 13.3 Å². The lowest BCUT2D eigenvalue weighted by Crippen LogP contribution is -2.05. The van der Waals surface area contributed by atoms with Crippen LogP contribution in [0.1, 0.15) is 26.2 Å². The van der Waals surface area contributed by atoms with Crippen LogP contribution in [0.5, 0.6) is 0 Å². The van der Waals surface area contributed by atoms with Crippen molar-refractivity contribution in [3.05, 3.63) is 0 Å². The highest BCUT2D eigenvalue weighted by atomic mass is 32.2. The van der Waals surface area contributed by atoms with Gasteiger partial charge in [-0.3, -0.25) is 4.21 Å². The van der Waals surface area contributed by atoms with Gasteiger partial charge in [0, 0.05) is 22.3 Å². The lowest BCUT2D eigenvalue weighted by Gasteiger charge is -2.02. The van der Waals surface area contributed by atoms with Crippen molar-refractivity contribution in [3.8, 4) is 0 Å². The monoisotopic (exact) mass is 146 g/mol. The van der Waals surface area contributed by atoms with E-state index in [-0.39, 0.29) is 0 Å². The molecule has 9 heavy (non-hydrogen) atoms. The standard InChI is InChI=1S/C7H14OS/c1-7-4-2-3-5-9(8)6-7/h7H,2-6H2,1H3. The Morgan fingerprint density at radius 3 is 3.00 bits per heavy atom. The van der Waals surface area contributed by atoms with Gasteiger partial charge in [-0.05, 0) is 18.8 Å². The average molecular weight is 146 g/mol. The second-order valence-corrected chi connectivity index (χ2v) is 4.53. The molecule has 0 saturated carbocycles. The minimum Gasteiger partial charge on any atom is -0.260 e. The molecular weight excluding hydrogens is 132 g/mol. The summed E-state index contributed by atoms with van der Waals surface area (Å²) in [5.74, 6) is 2.60. The van der Waals surface area contributed by atoms with Crippen molar-refractivity contribution in [2.24, 2.45) is 5.92 Å². The predicted octanol–water partition coefficient (Wildman–Crippen LogP) is 1.56. The van der Waals surface area contributed by atoms with E-state index in [1.165, 1.54) is 19.3 Å². The maximum absolute atomic E-state index is 11.0. The van der Waals surface area contributed by atoms with Crippen LogP contribution < -0.4 is 0 Å². The molecule has 1 aliphatic rings. The summed E-state index contributed by atoms with van der Waals surface area (Å²) in [7, 11) is -0.488. The van der Waals surface area contributed by atoms with Gasteiger partial charge in [0.15, 0.2) is 0 Å². The maximum atomic E-state index is 11.0. The van der Waals surface area contributed by atoms with Crippen molar-refractivity contribution >= 4 is 10.8 Å². The van der Waals surface area contributed by atoms with E-state index < -0.39 is 10.8 Å². The summed E-state index contributed by atoms with van der Waals surface area (Å²) in [6, 6.07) is 0. The SMILES string of the molecule is CC1CCCCS(=O)C1. The van der Waals surface area contributed by atoms with Crippen molar-refractivity contribution < 1.29 is 4.21 Å². The molecule has 0 bridgehead atoms. The van der Waals surface area contributed by atoms with Gasteiger partial charge in [0.2, 0.25) is 0 Å². The molecule has 0 radical (unpaired) electrons. The first-order valence-electron chi connectivity index (χ1n) is 3.64. The highest BCUT2D eigenvalue weighted by Crippen LogP contribution is 2.14. The Balaban J connectivity index is 2.37. The molecule has 0 aromatic heterocycles. The summed E-state index contributed by atoms with van der Waals surface area (Å²) in [4.78, 5) is 0. The van der Waals surface area contributed by atoms with Crippen LogP contribution in [0.3, 0.4) is 0 Å². The Morgan fingerprint density at radius 2 is 2.22 bits per heavy atom. The molecule has 2 heteroatoms. The zero-order chi connectivity index (χ0) is 6.69. The first-order valence-corrected chi connectivity index (χ1v) is 5.13. The largest absolute Gasteiger partial charge is 0.260 e. The van der Waals surface area contributed by atoms with Gasteiger partial charge in [-0.25, -0.2) is 0 Å². The quantitative estimate of drug-likeness (QED) is 0.507. The smallest absolute Gasteiger partial charge is 0.0260 e. The topological polar surface area (TPSA) is 17.1 Å². The van der Waals surface area contributed by atoms with Gasteiger partial charge >= 0.3 is 0 Å². The van der Waals surface area contributed by atoms with E-state index in [2.05, 4.69) is 6.92 Å². The second-order valence-electron chi connectivity index (χ2n) is 2.91. The normalized spacial score (nSPS) is 37.9. The molecule has 1 heterocycles. The van der Waals surface area contributed by atoms with Gasteiger partial charge in [0.05, 0.1) is 0 Å². The van der Waals surface area contributed by atoms with Gasteiger partial charge in [-0.15, -0.1) is 0 Å². The molecule has 0 aromatic rings. The fourth-order valence-electron chi connectivity index (χ4n) is 1.24. The number of hydrogen-bond donors (Lipinski definition) is 0. The summed E-state index contributed by atoms with van der Waals surface area (Å²) < 4.78 is 11.0. The van der Waals surface area contributed by atoms with Crippen LogP contribution in [0.4, 0.5) is 0 Å². The Hall–Kier alpha value is 0.150. The molecule has 1 rings (SSSR count). The predicted molar refractivity (Wildman–Crippen MR) is 40.9 cm³/mol. The van der Waals surface area contributed by atoms with Crippen LogP contribution in [0.15, 0.2) is 0 Å². The van der Waals surface area contributed by atoms with Crippen molar-refractivity contribution in [2.45, 2.75) is 26.2 Å². The molecule has 1 fully saturated rings. The molecule has 1 saturated heterocycles. The van der Waals surface area contributed by atoms with E-state index in [0.29, 0.717) is 5.92 Å². The third kappa shape index (κ3) is 2.48. The molecule has 0 spiro atoms. The van der Waals surface area contributed by atoms with Crippen LogP contribution in [-0.2, 0) is 10.8 Å². The molecule has 0 aliphatic carbocycles. The van der Waals surface area contributed by atoms with Crippen LogP contribution >= 0.6 is 0 Å². The van der Waals surface area contributed by atoms with E-state index >= 15 is 0 Å². The van der Waals surface area contributed by atoms with Crippen molar-refractivity contribution in [1.82, 2.24) is 0 Å². The minimum absolute atomic E-state index is 0.488. The third-order valence-corrected chi connectivity index (χ3v) is 3.47. The summed E-state index contributed by atoms with van der Waals surface area (Å²) >= 11 is 0. The van der Waals surface area contributed by atoms with Gasteiger partial charge < -0.3 is 0 Å². The molecule has 1 nitrogen and oxygen atoms in total. The zero-order valence-electron chi connectivity index (χ0n) is 5.93. The molecule has 1 aliphatic heterocycles. The lowest BCUT2D eigenvalue weighted by molar-refractivity contribution is 0.567. The lowest BCUT2D eigenvalue weighted by atomic mass is 10.1. The third-order valence-electron chi connectivity index (χ3n) is 1.79. The Bertz CT molecular complexity index is 111. The summed E-state index contributed by atoms with van der Waals surface area (Å²) in [5, 5.41) is 0. The number of rotatable bonds is 0. The van der Waals surface area contributed by atoms with Crippen molar-refractivity contribution in [2.75, 3.05) is 11.5 Å². The second kappa shape index (κ2) is 3.35.